The topological polar surface area (TPSA) is 76.7 Å². The van der Waals surface area contributed by atoms with Crippen LogP contribution in [-0.4, -0.2) is 32.6 Å². The predicted molar refractivity (Wildman–Crippen MR) is 105 cm³/mol. The van der Waals surface area contributed by atoms with Crippen molar-refractivity contribution < 1.29 is 19.1 Å². The zero-order chi connectivity index (χ0) is 18.9. The number of hydrogen-bond acceptors (Lipinski definition) is 4. The number of benzene rings is 2. The lowest BCUT2D eigenvalue weighted by Gasteiger charge is -2.08. The second-order valence-corrected chi connectivity index (χ2v) is 6.19. The maximum absolute atomic E-state index is 12.1. The fourth-order valence-electron chi connectivity index (χ4n) is 2.19. The van der Waals surface area contributed by atoms with Crippen LogP contribution in [0.15, 0.2) is 53.0 Å². The summed E-state index contributed by atoms with van der Waals surface area (Å²) >= 11 is 3.39. The first-order chi connectivity index (χ1) is 12.5. The van der Waals surface area contributed by atoms with Crippen LogP contribution < -0.4 is 15.4 Å². The number of halogens is 1. The van der Waals surface area contributed by atoms with E-state index in [-0.39, 0.29) is 18.4 Å². The van der Waals surface area contributed by atoms with Gasteiger partial charge >= 0.3 is 0 Å². The standard InChI is InChI=1S/C19H19BrN2O4/c1-25-12-19(24)22-16-5-3-4-15(11-16)21-18(23)9-6-13-10-14(20)7-8-17(13)26-2/h3-11H,12H2,1-2H3,(H,21,23)(H,22,24)/b9-6+. The first-order valence-electron chi connectivity index (χ1n) is 7.73. The van der Waals surface area contributed by atoms with Crippen LogP contribution in [0.2, 0.25) is 0 Å². The predicted octanol–water partition coefficient (Wildman–Crippen LogP) is 3.69. The molecule has 0 aliphatic rings. The van der Waals surface area contributed by atoms with Crippen LogP contribution in [0.1, 0.15) is 5.56 Å². The van der Waals surface area contributed by atoms with Gasteiger partial charge in [-0.15, -0.1) is 0 Å². The Bertz CT molecular complexity index is 821. The van der Waals surface area contributed by atoms with E-state index in [1.807, 2.05) is 18.2 Å². The number of anilines is 2. The van der Waals surface area contributed by atoms with Crippen molar-refractivity contribution in [2.45, 2.75) is 0 Å². The summed E-state index contributed by atoms with van der Waals surface area (Å²) in [6.07, 6.45) is 3.09. The quantitative estimate of drug-likeness (QED) is 0.672. The maximum atomic E-state index is 12.1. The van der Waals surface area contributed by atoms with Crippen molar-refractivity contribution in [2.24, 2.45) is 0 Å². The molecule has 0 saturated heterocycles. The summed E-state index contributed by atoms with van der Waals surface area (Å²) in [6, 6.07) is 12.4. The average molecular weight is 419 g/mol. The van der Waals surface area contributed by atoms with Crippen molar-refractivity contribution in [1.29, 1.82) is 0 Å². The molecule has 26 heavy (non-hydrogen) atoms. The van der Waals surface area contributed by atoms with Gasteiger partial charge in [-0.3, -0.25) is 9.59 Å². The first-order valence-corrected chi connectivity index (χ1v) is 8.52. The summed E-state index contributed by atoms with van der Waals surface area (Å²) in [6.45, 7) is -0.0339. The van der Waals surface area contributed by atoms with Crippen LogP contribution in [0.4, 0.5) is 11.4 Å². The third-order valence-corrected chi connectivity index (χ3v) is 3.79. The van der Waals surface area contributed by atoms with Gasteiger partial charge in [0.25, 0.3) is 0 Å². The van der Waals surface area contributed by atoms with Gasteiger partial charge in [0.1, 0.15) is 12.4 Å². The van der Waals surface area contributed by atoms with Gasteiger partial charge in [0.05, 0.1) is 7.11 Å². The van der Waals surface area contributed by atoms with Crippen molar-refractivity contribution in [3.63, 3.8) is 0 Å². The molecule has 0 aliphatic carbocycles. The van der Waals surface area contributed by atoms with E-state index < -0.39 is 0 Å². The fraction of sp³-hybridized carbons (Fsp3) is 0.158. The van der Waals surface area contributed by atoms with Crippen molar-refractivity contribution in [3.8, 4) is 5.75 Å². The minimum Gasteiger partial charge on any atom is -0.496 e. The first kappa shape index (κ1) is 19.7. The lowest BCUT2D eigenvalue weighted by atomic mass is 10.2. The van der Waals surface area contributed by atoms with Crippen molar-refractivity contribution in [1.82, 2.24) is 0 Å². The lowest BCUT2D eigenvalue weighted by molar-refractivity contribution is -0.119. The van der Waals surface area contributed by atoms with Crippen LogP contribution in [0, 0.1) is 0 Å². The molecule has 6 nitrogen and oxygen atoms in total. The number of carbonyl (C=O) groups excluding carboxylic acids is 2. The van der Waals surface area contributed by atoms with E-state index in [2.05, 4.69) is 26.6 Å². The summed E-state index contributed by atoms with van der Waals surface area (Å²) in [5.41, 5.74) is 1.91. The molecule has 0 bridgehead atoms. The third kappa shape index (κ3) is 6.02. The van der Waals surface area contributed by atoms with Gasteiger partial charge in [-0.25, -0.2) is 0 Å². The highest BCUT2D eigenvalue weighted by atomic mass is 79.9. The van der Waals surface area contributed by atoms with Crippen LogP contribution in [-0.2, 0) is 14.3 Å². The van der Waals surface area contributed by atoms with Crippen LogP contribution in [0.3, 0.4) is 0 Å². The molecule has 0 spiro atoms. The fourth-order valence-corrected chi connectivity index (χ4v) is 2.57. The molecule has 0 radical (unpaired) electrons. The molecule has 0 heterocycles. The zero-order valence-corrected chi connectivity index (χ0v) is 16.0. The van der Waals surface area contributed by atoms with Crippen LogP contribution >= 0.6 is 15.9 Å². The lowest BCUT2D eigenvalue weighted by Crippen LogP contribution is -2.17. The molecule has 0 saturated carbocycles. The number of amides is 2. The Morgan fingerprint density at radius 1 is 1.08 bits per heavy atom. The SMILES string of the molecule is COCC(=O)Nc1cccc(NC(=O)/C=C/c2cc(Br)ccc2OC)c1. The number of methoxy groups -OCH3 is 2. The number of nitrogens with one attached hydrogen (secondary N) is 2. The Labute approximate surface area is 160 Å². The van der Waals surface area contributed by atoms with Gasteiger partial charge in [-0.1, -0.05) is 22.0 Å². The molecule has 136 valence electrons. The van der Waals surface area contributed by atoms with Gasteiger partial charge in [0.15, 0.2) is 0 Å². The number of hydrogen-bond donors (Lipinski definition) is 2. The molecular weight excluding hydrogens is 400 g/mol. The Kier molecular flexibility index (Phi) is 7.37. The number of carbonyl (C=O) groups is 2. The van der Waals surface area contributed by atoms with Gasteiger partial charge < -0.3 is 20.1 Å². The van der Waals surface area contributed by atoms with Crippen LogP contribution in [0.5, 0.6) is 5.75 Å². The second kappa shape index (κ2) is 9.74. The second-order valence-electron chi connectivity index (χ2n) is 5.27. The summed E-state index contributed by atoms with van der Waals surface area (Å²) in [7, 11) is 3.02. The Hall–Kier alpha value is -2.64. The van der Waals surface area contributed by atoms with E-state index in [0.717, 1.165) is 10.0 Å². The van der Waals surface area contributed by atoms with E-state index in [9.17, 15) is 9.59 Å². The molecule has 2 amide bonds. The van der Waals surface area contributed by atoms with E-state index in [0.29, 0.717) is 17.1 Å². The van der Waals surface area contributed by atoms with Crippen molar-refractivity contribution >= 4 is 45.2 Å². The minimum absolute atomic E-state index is 0.0339. The van der Waals surface area contributed by atoms with E-state index >= 15 is 0 Å². The van der Waals surface area contributed by atoms with Gasteiger partial charge in [-0.2, -0.15) is 0 Å². The molecule has 2 N–H and O–H groups in total. The number of ether oxygens (including phenoxy) is 2. The third-order valence-electron chi connectivity index (χ3n) is 3.30. The summed E-state index contributed by atoms with van der Waals surface area (Å²) in [5, 5.41) is 5.43. The molecule has 0 atom stereocenters. The zero-order valence-electron chi connectivity index (χ0n) is 14.4. The Morgan fingerprint density at radius 3 is 2.50 bits per heavy atom. The molecular formula is C19H19BrN2O4. The van der Waals surface area contributed by atoms with E-state index in [1.165, 1.54) is 13.2 Å². The largest absolute Gasteiger partial charge is 0.496 e. The molecule has 7 heteroatoms. The minimum atomic E-state index is -0.299. The molecule has 0 aliphatic heterocycles. The van der Waals surface area contributed by atoms with Gasteiger partial charge in [0, 0.05) is 34.6 Å². The monoisotopic (exact) mass is 418 g/mol. The van der Waals surface area contributed by atoms with Gasteiger partial charge in [0.2, 0.25) is 11.8 Å². The summed E-state index contributed by atoms with van der Waals surface area (Å²) < 4.78 is 10.9. The normalized spacial score (nSPS) is 10.6. The highest BCUT2D eigenvalue weighted by Crippen LogP contribution is 2.24. The molecule has 0 unspecified atom stereocenters. The summed E-state index contributed by atoms with van der Waals surface area (Å²) in [5.74, 6) is 0.102. The highest BCUT2D eigenvalue weighted by molar-refractivity contribution is 9.10. The van der Waals surface area contributed by atoms with Crippen LogP contribution in [0.25, 0.3) is 6.08 Å². The molecule has 2 aromatic rings. The number of rotatable bonds is 7. The van der Waals surface area contributed by atoms with Crippen molar-refractivity contribution in [3.05, 3.63) is 58.6 Å². The Morgan fingerprint density at radius 2 is 1.81 bits per heavy atom. The smallest absolute Gasteiger partial charge is 0.250 e. The van der Waals surface area contributed by atoms with Crippen molar-refractivity contribution in [2.75, 3.05) is 31.5 Å². The average Bonchev–Trinajstić information content (AvgIpc) is 2.60. The summed E-state index contributed by atoms with van der Waals surface area (Å²) in [4.78, 5) is 23.7. The Balaban J connectivity index is 2.04. The molecule has 0 fully saturated rings. The van der Waals surface area contributed by atoms with Gasteiger partial charge in [-0.05, 0) is 42.5 Å². The molecule has 0 aromatic heterocycles. The maximum Gasteiger partial charge on any atom is 0.250 e. The highest BCUT2D eigenvalue weighted by Gasteiger charge is 2.05. The molecule has 2 rings (SSSR count). The molecule has 2 aromatic carbocycles. The van der Waals surface area contributed by atoms with E-state index in [4.69, 9.17) is 9.47 Å². The van der Waals surface area contributed by atoms with E-state index in [1.54, 1.807) is 37.5 Å².